The highest BCUT2D eigenvalue weighted by atomic mass is 79.9. The Morgan fingerprint density at radius 3 is 2.36 bits per heavy atom. The SMILES string of the molecule is CC(C)(C)c1ccc(O)c(NC(=O)Cc2ccc(Br)cc2)c1. The van der Waals surface area contributed by atoms with Gasteiger partial charge in [-0.05, 0) is 40.8 Å². The number of amides is 1. The molecule has 22 heavy (non-hydrogen) atoms. The molecule has 2 N–H and O–H groups in total. The van der Waals surface area contributed by atoms with Crippen molar-refractivity contribution in [3.8, 4) is 5.75 Å². The molecule has 0 unspecified atom stereocenters. The molecule has 116 valence electrons. The van der Waals surface area contributed by atoms with Gasteiger partial charge in [-0.25, -0.2) is 0 Å². The van der Waals surface area contributed by atoms with Crippen molar-refractivity contribution in [3.05, 3.63) is 58.1 Å². The Kier molecular flexibility index (Phi) is 4.91. The summed E-state index contributed by atoms with van der Waals surface area (Å²) in [5.74, 6) is -0.0687. The van der Waals surface area contributed by atoms with Crippen LogP contribution < -0.4 is 5.32 Å². The second-order valence-corrected chi connectivity index (χ2v) is 7.25. The number of aromatic hydroxyl groups is 1. The minimum atomic E-state index is -0.149. The number of phenols is 1. The van der Waals surface area contributed by atoms with Gasteiger partial charge in [-0.3, -0.25) is 4.79 Å². The first-order valence-electron chi connectivity index (χ1n) is 7.13. The lowest BCUT2D eigenvalue weighted by Gasteiger charge is -2.20. The lowest BCUT2D eigenvalue weighted by molar-refractivity contribution is -0.115. The van der Waals surface area contributed by atoms with Gasteiger partial charge in [0.2, 0.25) is 5.91 Å². The summed E-state index contributed by atoms with van der Waals surface area (Å²) in [7, 11) is 0. The van der Waals surface area contributed by atoms with Gasteiger partial charge >= 0.3 is 0 Å². The third-order valence-electron chi connectivity index (χ3n) is 3.41. The molecular weight excluding hydrogens is 342 g/mol. The first-order valence-corrected chi connectivity index (χ1v) is 7.93. The number of anilines is 1. The van der Waals surface area contributed by atoms with E-state index in [1.807, 2.05) is 36.4 Å². The van der Waals surface area contributed by atoms with E-state index in [1.165, 1.54) is 0 Å². The highest BCUT2D eigenvalue weighted by Gasteiger charge is 2.16. The number of hydrogen-bond acceptors (Lipinski definition) is 2. The fourth-order valence-electron chi connectivity index (χ4n) is 2.08. The predicted molar refractivity (Wildman–Crippen MR) is 93.3 cm³/mol. The number of phenolic OH excluding ortho intramolecular Hbond substituents is 1. The van der Waals surface area contributed by atoms with Crippen molar-refractivity contribution in [2.45, 2.75) is 32.6 Å². The molecule has 0 saturated carbocycles. The highest BCUT2D eigenvalue weighted by molar-refractivity contribution is 9.10. The van der Waals surface area contributed by atoms with E-state index < -0.39 is 0 Å². The van der Waals surface area contributed by atoms with Gasteiger partial charge in [0.1, 0.15) is 5.75 Å². The van der Waals surface area contributed by atoms with Crippen LogP contribution in [0.4, 0.5) is 5.69 Å². The fourth-order valence-corrected chi connectivity index (χ4v) is 2.35. The van der Waals surface area contributed by atoms with Gasteiger partial charge in [-0.2, -0.15) is 0 Å². The maximum atomic E-state index is 12.1. The van der Waals surface area contributed by atoms with Gasteiger partial charge < -0.3 is 10.4 Å². The summed E-state index contributed by atoms with van der Waals surface area (Å²) in [5, 5.41) is 12.7. The zero-order chi connectivity index (χ0) is 16.3. The van der Waals surface area contributed by atoms with E-state index in [2.05, 4.69) is 42.0 Å². The standard InChI is InChI=1S/C18H20BrNO2/c1-18(2,3)13-6-9-16(21)15(11-13)20-17(22)10-12-4-7-14(19)8-5-12/h4-9,11,21H,10H2,1-3H3,(H,20,22). The summed E-state index contributed by atoms with van der Waals surface area (Å²) in [6.45, 7) is 6.27. The normalized spacial score (nSPS) is 11.3. The summed E-state index contributed by atoms with van der Waals surface area (Å²) < 4.78 is 0.979. The summed E-state index contributed by atoms with van der Waals surface area (Å²) in [6.07, 6.45) is 0.270. The quantitative estimate of drug-likeness (QED) is 0.782. The van der Waals surface area contributed by atoms with Gasteiger partial charge in [-0.15, -0.1) is 0 Å². The molecule has 0 saturated heterocycles. The second-order valence-electron chi connectivity index (χ2n) is 6.33. The molecular formula is C18H20BrNO2. The maximum absolute atomic E-state index is 12.1. The molecule has 1 amide bonds. The molecule has 0 fully saturated rings. The van der Waals surface area contributed by atoms with Crippen LogP contribution in [0.3, 0.4) is 0 Å². The van der Waals surface area contributed by atoms with E-state index >= 15 is 0 Å². The second kappa shape index (κ2) is 6.53. The first kappa shape index (κ1) is 16.6. The van der Waals surface area contributed by atoms with Gasteiger partial charge in [0, 0.05) is 4.47 Å². The van der Waals surface area contributed by atoms with Crippen LogP contribution in [0.1, 0.15) is 31.9 Å². The Morgan fingerprint density at radius 2 is 1.77 bits per heavy atom. The molecule has 0 atom stereocenters. The van der Waals surface area contributed by atoms with E-state index in [-0.39, 0.29) is 23.5 Å². The van der Waals surface area contributed by atoms with Gasteiger partial charge in [0.25, 0.3) is 0 Å². The van der Waals surface area contributed by atoms with Gasteiger partial charge in [0.05, 0.1) is 12.1 Å². The highest BCUT2D eigenvalue weighted by Crippen LogP contribution is 2.30. The Bertz CT molecular complexity index is 672. The summed E-state index contributed by atoms with van der Waals surface area (Å²) in [5.41, 5.74) is 2.39. The van der Waals surface area contributed by atoms with Crippen LogP contribution >= 0.6 is 15.9 Å². The molecule has 0 bridgehead atoms. The van der Waals surface area contributed by atoms with E-state index in [0.29, 0.717) is 5.69 Å². The number of hydrogen-bond donors (Lipinski definition) is 2. The molecule has 2 aromatic rings. The van der Waals surface area contributed by atoms with Crippen LogP contribution in [0.5, 0.6) is 5.75 Å². The van der Waals surface area contributed by atoms with Crippen molar-refractivity contribution in [3.63, 3.8) is 0 Å². The van der Waals surface area contributed by atoms with Crippen LogP contribution in [0, 0.1) is 0 Å². The minimum absolute atomic E-state index is 0.0428. The van der Waals surface area contributed by atoms with Crippen LogP contribution in [0.2, 0.25) is 0 Å². The lowest BCUT2D eigenvalue weighted by Crippen LogP contribution is -2.16. The van der Waals surface area contributed by atoms with Crippen molar-refractivity contribution >= 4 is 27.5 Å². The summed E-state index contributed by atoms with van der Waals surface area (Å²) >= 11 is 3.37. The average molecular weight is 362 g/mol. The van der Waals surface area contributed by atoms with E-state index in [4.69, 9.17) is 0 Å². The van der Waals surface area contributed by atoms with E-state index in [9.17, 15) is 9.90 Å². The molecule has 0 aliphatic heterocycles. The fraction of sp³-hybridized carbons (Fsp3) is 0.278. The Morgan fingerprint density at radius 1 is 1.14 bits per heavy atom. The smallest absolute Gasteiger partial charge is 0.228 e. The van der Waals surface area contributed by atoms with Crippen molar-refractivity contribution in [1.29, 1.82) is 0 Å². The largest absolute Gasteiger partial charge is 0.506 e. The molecule has 2 rings (SSSR count). The van der Waals surface area contributed by atoms with Crippen molar-refractivity contribution in [1.82, 2.24) is 0 Å². The molecule has 0 aliphatic rings. The van der Waals surface area contributed by atoms with Crippen molar-refractivity contribution in [2.24, 2.45) is 0 Å². The Labute approximate surface area is 139 Å². The molecule has 0 aliphatic carbocycles. The van der Waals surface area contributed by atoms with E-state index in [0.717, 1.165) is 15.6 Å². The predicted octanol–water partition coefficient (Wildman–Crippen LogP) is 4.63. The zero-order valence-corrected chi connectivity index (χ0v) is 14.6. The van der Waals surface area contributed by atoms with Crippen LogP contribution in [-0.2, 0) is 16.6 Å². The lowest BCUT2D eigenvalue weighted by atomic mass is 9.87. The molecule has 2 aromatic carbocycles. The molecule has 0 spiro atoms. The Hall–Kier alpha value is -1.81. The maximum Gasteiger partial charge on any atom is 0.228 e. The van der Waals surface area contributed by atoms with Crippen LogP contribution in [0.25, 0.3) is 0 Å². The zero-order valence-electron chi connectivity index (χ0n) is 13.0. The van der Waals surface area contributed by atoms with Crippen LogP contribution in [-0.4, -0.2) is 11.0 Å². The Balaban J connectivity index is 2.12. The van der Waals surface area contributed by atoms with Crippen molar-refractivity contribution in [2.75, 3.05) is 5.32 Å². The van der Waals surface area contributed by atoms with E-state index in [1.54, 1.807) is 6.07 Å². The molecule has 0 radical (unpaired) electrons. The topological polar surface area (TPSA) is 49.3 Å². The monoisotopic (exact) mass is 361 g/mol. The van der Waals surface area contributed by atoms with Gasteiger partial charge in [0.15, 0.2) is 0 Å². The number of carbonyl (C=O) groups excluding carboxylic acids is 1. The van der Waals surface area contributed by atoms with Gasteiger partial charge in [-0.1, -0.05) is 54.9 Å². The molecule has 4 heteroatoms. The number of carbonyl (C=O) groups is 1. The molecule has 0 aromatic heterocycles. The first-order chi connectivity index (χ1) is 10.3. The summed E-state index contributed by atoms with van der Waals surface area (Å²) in [4.78, 5) is 12.1. The van der Waals surface area contributed by atoms with Crippen molar-refractivity contribution < 1.29 is 9.90 Å². The third kappa shape index (κ3) is 4.34. The van der Waals surface area contributed by atoms with Crippen LogP contribution in [0.15, 0.2) is 46.9 Å². The molecule has 0 heterocycles. The summed E-state index contributed by atoms with van der Waals surface area (Å²) in [6, 6.07) is 12.9. The molecule has 3 nitrogen and oxygen atoms in total. The number of benzene rings is 2. The average Bonchev–Trinajstić information content (AvgIpc) is 2.42. The number of rotatable bonds is 3. The third-order valence-corrected chi connectivity index (χ3v) is 3.94. The number of nitrogens with one attached hydrogen (secondary N) is 1. The minimum Gasteiger partial charge on any atom is -0.506 e. The number of halogens is 1.